The summed E-state index contributed by atoms with van der Waals surface area (Å²) < 4.78 is 0. The summed E-state index contributed by atoms with van der Waals surface area (Å²) in [5.74, 6) is -0.749. The van der Waals surface area contributed by atoms with Crippen molar-refractivity contribution >= 4 is 23.2 Å². The Morgan fingerprint density at radius 2 is 1.87 bits per heavy atom. The lowest BCUT2D eigenvalue weighted by Crippen LogP contribution is -2.48. The van der Waals surface area contributed by atoms with Crippen molar-refractivity contribution in [2.24, 2.45) is 5.73 Å². The third kappa shape index (κ3) is 4.08. The third-order valence-corrected chi connectivity index (χ3v) is 3.36. The van der Waals surface area contributed by atoms with Crippen LogP contribution in [0.2, 0.25) is 0 Å². The highest BCUT2D eigenvalue weighted by molar-refractivity contribution is 6.05. The zero-order valence-electron chi connectivity index (χ0n) is 12.8. The average molecular weight is 313 g/mol. The first kappa shape index (κ1) is 16.5. The van der Waals surface area contributed by atoms with Gasteiger partial charge in [-0.15, -0.1) is 0 Å². The fraction of sp³-hybridized carbons (Fsp3) is 0.176. The van der Waals surface area contributed by atoms with Crippen molar-refractivity contribution in [3.63, 3.8) is 0 Å². The second-order valence-corrected chi connectivity index (χ2v) is 5.02. The van der Waals surface area contributed by atoms with Crippen LogP contribution in [0.25, 0.3) is 0 Å². The number of hydrogen-bond donors (Lipinski definition) is 3. The van der Waals surface area contributed by atoms with Crippen LogP contribution in [-0.4, -0.2) is 29.5 Å². The Balaban J connectivity index is 2.24. The Bertz CT molecular complexity index is 688. The van der Waals surface area contributed by atoms with Gasteiger partial charge in [0.15, 0.2) is 0 Å². The Hall–Kier alpha value is -2.86. The van der Waals surface area contributed by atoms with E-state index in [1.54, 1.807) is 43.3 Å². The molecule has 0 saturated heterocycles. The maximum absolute atomic E-state index is 12.4. The number of benzene rings is 2. The first-order valence-corrected chi connectivity index (χ1v) is 7.20. The fourth-order valence-electron chi connectivity index (χ4n) is 2.21. The lowest BCUT2D eigenvalue weighted by molar-refractivity contribution is -0.122. The molecule has 0 aromatic heterocycles. The summed E-state index contributed by atoms with van der Waals surface area (Å²) in [5.41, 5.74) is 6.51. The van der Waals surface area contributed by atoms with Gasteiger partial charge >= 0.3 is 0 Å². The van der Waals surface area contributed by atoms with E-state index < -0.39 is 11.9 Å². The molecule has 6 nitrogen and oxygen atoms in total. The molecule has 2 rings (SSSR count). The van der Waals surface area contributed by atoms with Gasteiger partial charge in [-0.25, -0.2) is 0 Å². The number of hydrogen-bond acceptors (Lipinski definition) is 4. The van der Waals surface area contributed by atoms with E-state index in [-0.39, 0.29) is 18.2 Å². The molecule has 6 heteroatoms. The molecule has 0 fully saturated rings. The molecule has 0 aliphatic heterocycles. The van der Waals surface area contributed by atoms with Crippen LogP contribution in [0, 0.1) is 0 Å². The highest BCUT2D eigenvalue weighted by Crippen LogP contribution is 2.22. The van der Waals surface area contributed by atoms with E-state index in [1.165, 1.54) is 17.0 Å². The minimum atomic E-state index is -0.784. The van der Waals surface area contributed by atoms with Gasteiger partial charge in [-0.05, 0) is 31.2 Å². The zero-order valence-corrected chi connectivity index (χ0v) is 12.8. The van der Waals surface area contributed by atoms with Crippen molar-refractivity contribution in [3.8, 4) is 5.75 Å². The van der Waals surface area contributed by atoms with E-state index in [4.69, 9.17) is 5.73 Å². The molecule has 0 aliphatic rings. The SMILES string of the molecule is CC(C(=O)Nc1ccccc1)N(C(=O)CN)c1cccc(O)c1. The summed E-state index contributed by atoms with van der Waals surface area (Å²) in [5, 5.41) is 12.4. The minimum absolute atomic E-state index is 0.00740. The number of carbonyl (C=O) groups excluding carboxylic acids is 2. The van der Waals surface area contributed by atoms with Crippen molar-refractivity contribution in [2.75, 3.05) is 16.8 Å². The summed E-state index contributed by atoms with van der Waals surface area (Å²) in [7, 11) is 0. The van der Waals surface area contributed by atoms with E-state index in [0.717, 1.165) is 0 Å². The van der Waals surface area contributed by atoms with E-state index in [1.807, 2.05) is 6.07 Å². The molecule has 0 bridgehead atoms. The molecule has 0 heterocycles. The number of nitrogens with zero attached hydrogens (tertiary/aromatic N) is 1. The predicted octanol–water partition coefficient (Wildman–Crippen LogP) is 1.71. The maximum Gasteiger partial charge on any atom is 0.247 e. The van der Waals surface area contributed by atoms with Crippen LogP contribution in [0.15, 0.2) is 54.6 Å². The van der Waals surface area contributed by atoms with Gasteiger partial charge in [0, 0.05) is 17.4 Å². The van der Waals surface area contributed by atoms with E-state index >= 15 is 0 Å². The summed E-state index contributed by atoms with van der Waals surface area (Å²) in [6.45, 7) is 1.37. The molecule has 0 saturated carbocycles. The highest BCUT2D eigenvalue weighted by atomic mass is 16.3. The topological polar surface area (TPSA) is 95.7 Å². The van der Waals surface area contributed by atoms with Gasteiger partial charge in [-0.3, -0.25) is 14.5 Å². The average Bonchev–Trinajstić information content (AvgIpc) is 2.55. The van der Waals surface area contributed by atoms with Gasteiger partial charge in [-0.1, -0.05) is 24.3 Å². The first-order valence-electron chi connectivity index (χ1n) is 7.20. The van der Waals surface area contributed by atoms with Crippen LogP contribution >= 0.6 is 0 Å². The minimum Gasteiger partial charge on any atom is -0.508 e. The number of nitrogens with two attached hydrogens (primary N) is 1. The normalized spacial score (nSPS) is 11.6. The number of para-hydroxylation sites is 1. The molecule has 120 valence electrons. The molecule has 0 spiro atoms. The molecule has 0 radical (unpaired) electrons. The van der Waals surface area contributed by atoms with E-state index in [0.29, 0.717) is 11.4 Å². The molecular weight excluding hydrogens is 294 g/mol. The Morgan fingerprint density at radius 3 is 2.48 bits per heavy atom. The molecule has 1 unspecified atom stereocenters. The molecule has 2 aromatic rings. The zero-order chi connectivity index (χ0) is 16.8. The second-order valence-electron chi connectivity index (χ2n) is 5.02. The number of aromatic hydroxyl groups is 1. The van der Waals surface area contributed by atoms with Crippen molar-refractivity contribution in [1.29, 1.82) is 0 Å². The van der Waals surface area contributed by atoms with Gasteiger partial charge in [0.2, 0.25) is 11.8 Å². The maximum atomic E-state index is 12.4. The third-order valence-electron chi connectivity index (χ3n) is 3.36. The van der Waals surface area contributed by atoms with Gasteiger partial charge in [0.1, 0.15) is 11.8 Å². The lowest BCUT2D eigenvalue weighted by atomic mass is 10.2. The first-order chi connectivity index (χ1) is 11.0. The monoisotopic (exact) mass is 313 g/mol. The number of anilines is 2. The number of phenols is 1. The summed E-state index contributed by atoms with van der Waals surface area (Å²) in [6, 6.07) is 14.3. The van der Waals surface area contributed by atoms with Crippen LogP contribution in [0.4, 0.5) is 11.4 Å². The Labute approximate surface area is 134 Å². The van der Waals surface area contributed by atoms with Gasteiger partial charge in [0.25, 0.3) is 0 Å². The predicted molar refractivity (Wildman–Crippen MR) is 89.2 cm³/mol. The number of rotatable bonds is 5. The van der Waals surface area contributed by atoms with E-state index in [9.17, 15) is 14.7 Å². The van der Waals surface area contributed by atoms with Crippen LogP contribution in [0.5, 0.6) is 5.75 Å². The van der Waals surface area contributed by atoms with Gasteiger partial charge in [-0.2, -0.15) is 0 Å². The molecule has 1 atom stereocenters. The van der Waals surface area contributed by atoms with Gasteiger partial charge in [0.05, 0.1) is 6.54 Å². The Kier molecular flexibility index (Phi) is 5.32. The number of amides is 2. The molecule has 4 N–H and O–H groups in total. The summed E-state index contributed by atoms with van der Waals surface area (Å²) in [4.78, 5) is 25.9. The fourth-order valence-corrected chi connectivity index (χ4v) is 2.21. The standard InChI is InChI=1S/C17H19N3O3/c1-12(17(23)19-13-6-3-2-4-7-13)20(16(22)11-18)14-8-5-9-15(21)10-14/h2-10,12,21H,11,18H2,1H3,(H,19,23). The second kappa shape index (κ2) is 7.42. The van der Waals surface area contributed by atoms with Crippen LogP contribution in [0.1, 0.15) is 6.92 Å². The summed E-state index contributed by atoms with van der Waals surface area (Å²) >= 11 is 0. The Morgan fingerprint density at radius 1 is 1.17 bits per heavy atom. The number of phenolic OH excluding ortho intramolecular Hbond substituents is 1. The van der Waals surface area contributed by atoms with Crippen molar-refractivity contribution in [1.82, 2.24) is 0 Å². The smallest absolute Gasteiger partial charge is 0.247 e. The number of carbonyl (C=O) groups is 2. The molecular formula is C17H19N3O3. The molecule has 2 amide bonds. The quantitative estimate of drug-likeness (QED) is 0.783. The van der Waals surface area contributed by atoms with Crippen LogP contribution in [0.3, 0.4) is 0 Å². The van der Waals surface area contributed by atoms with E-state index in [2.05, 4.69) is 5.32 Å². The van der Waals surface area contributed by atoms with Crippen molar-refractivity contribution < 1.29 is 14.7 Å². The van der Waals surface area contributed by atoms with Crippen molar-refractivity contribution in [2.45, 2.75) is 13.0 Å². The van der Waals surface area contributed by atoms with Crippen LogP contribution < -0.4 is 16.0 Å². The molecule has 0 aliphatic carbocycles. The summed E-state index contributed by atoms with van der Waals surface area (Å²) in [6.07, 6.45) is 0. The molecule has 2 aromatic carbocycles. The van der Waals surface area contributed by atoms with Crippen molar-refractivity contribution in [3.05, 3.63) is 54.6 Å². The lowest BCUT2D eigenvalue weighted by Gasteiger charge is -2.28. The number of nitrogens with one attached hydrogen (secondary N) is 1. The van der Waals surface area contributed by atoms with Crippen LogP contribution in [-0.2, 0) is 9.59 Å². The van der Waals surface area contributed by atoms with Gasteiger partial charge < -0.3 is 16.2 Å². The highest BCUT2D eigenvalue weighted by Gasteiger charge is 2.26. The molecule has 23 heavy (non-hydrogen) atoms. The largest absolute Gasteiger partial charge is 0.508 e.